The molecule has 1 heterocycles. The van der Waals surface area contributed by atoms with Crippen molar-refractivity contribution in [1.29, 1.82) is 0 Å². The van der Waals surface area contributed by atoms with Crippen molar-refractivity contribution >= 4 is 44.2 Å². The first-order valence-corrected chi connectivity index (χ1v) is 9.01. The maximum Gasteiger partial charge on any atom is 0.324 e. The average Bonchev–Trinajstić information content (AvgIpc) is 2.94. The normalized spacial score (nSPS) is 11.2. The highest BCUT2D eigenvalue weighted by atomic mass is 32.2. The number of hydrogen-bond acceptors (Lipinski definition) is 6. The predicted molar refractivity (Wildman–Crippen MR) is 96.5 cm³/mol. The van der Waals surface area contributed by atoms with Gasteiger partial charge in [0.05, 0.1) is 15.2 Å². The van der Waals surface area contributed by atoms with E-state index in [0.29, 0.717) is 0 Å². The number of benzene rings is 1. The molecule has 0 aliphatic heterocycles. The number of carbonyl (C=O) groups is 1. The summed E-state index contributed by atoms with van der Waals surface area (Å²) in [5, 5.41) is 5.40. The highest BCUT2D eigenvalue weighted by Crippen LogP contribution is 2.35. The molecule has 0 bridgehead atoms. The van der Waals surface area contributed by atoms with Gasteiger partial charge in [-0.2, -0.15) is 0 Å². The second-order valence-electron chi connectivity index (χ2n) is 5.17. The zero-order valence-corrected chi connectivity index (χ0v) is 15.3. The van der Waals surface area contributed by atoms with E-state index in [0.717, 1.165) is 28.7 Å². The van der Waals surface area contributed by atoms with Gasteiger partial charge in [-0.3, -0.25) is 4.79 Å². The lowest BCUT2D eigenvalue weighted by atomic mass is 10.2. The molecule has 0 aliphatic rings. The minimum absolute atomic E-state index is 0.273. The standard InChI is InChI=1S/C15H19N2O2PS2/c1-15(2,13(18)19-20)22-14-17-12(10-21-14)8-9-16-11-6-4-3-5-7-11/h3-7,10,16H,8-9,20H2,1-2H3. The van der Waals surface area contributed by atoms with Crippen LogP contribution in [-0.2, 0) is 15.7 Å². The van der Waals surface area contributed by atoms with E-state index in [1.807, 2.05) is 59.0 Å². The molecule has 0 saturated heterocycles. The number of thiazole rings is 1. The number of nitrogens with zero attached hydrogens (tertiary/aromatic N) is 1. The number of rotatable bonds is 7. The van der Waals surface area contributed by atoms with Gasteiger partial charge in [0.15, 0.2) is 4.34 Å². The third-order valence-electron chi connectivity index (χ3n) is 2.96. The molecular formula is C15H19N2O2PS2. The third kappa shape index (κ3) is 4.97. The Morgan fingerprint density at radius 3 is 2.82 bits per heavy atom. The van der Waals surface area contributed by atoms with Gasteiger partial charge in [-0.25, -0.2) is 4.98 Å². The van der Waals surface area contributed by atoms with Crippen LogP contribution in [0.15, 0.2) is 40.1 Å². The van der Waals surface area contributed by atoms with Crippen molar-refractivity contribution in [2.45, 2.75) is 29.4 Å². The summed E-state index contributed by atoms with van der Waals surface area (Å²) in [7, 11) is 2.00. The minimum atomic E-state index is -0.640. The average molecular weight is 354 g/mol. The van der Waals surface area contributed by atoms with Crippen molar-refractivity contribution < 1.29 is 9.32 Å². The SMILES string of the molecule is CC(C)(Sc1nc(CCNc2ccccc2)cs1)C(=O)OP. The fourth-order valence-corrected chi connectivity index (χ4v) is 4.39. The molecule has 2 rings (SSSR count). The number of nitrogens with one attached hydrogen (secondary N) is 1. The van der Waals surface area contributed by atoms with Crippen LogP contribution in [0, 0.1) is 0 Å². The zero-order valence-electron chi connectivity index (χ0n) is 12.5. The fraction of sp³-hybridized carbons (Fsp3) is 0.333. The van der Waals surface area contributed by atoms with E-state index >= 15 is 0 Å². The number of anilines is 1. The molecule has 0 radical (unpaired) electrons. The first-order valence-electron chi connectivity index (χ1n) is 6.85. The van der Waals surface area contributed by atoms with Crippen molar-refractivity contribution in [2.24, 2.45) is 0 Å². The summed E-state index contributed by atoms with van der Waals surface area (Å²) in [5.74, 6) is -0.273. The lowest BCUT2D eigenvalue weighted by Crippen LogP contribution is -2.27. The van der Waals surface area contributed by atoms with E-state index in [4.69, 9.17) is 4.52 Å². The Balaban J connectivity index is 1.85. The Hall–Kier alpha value is -1.10. The van der Waals surface area contributed by atoms with Crippen LogP contribution in [0.25, 0.3) is 0 Å². The van der Waals surface area contributed by atoms with Crippen LogP contribution in [-0.4, -0.2) is 22.2 Å². The van der Waals surface area contributed by atoms with Crippen molar-refractivity contribution in [2.75, 3.05) is 11.9 Å². The van der Waals surface area contributed by atoms with Crippen LogP contribution in [0.5, 0.6) is 0 Å². The van der Waals surface area contributed by atoms with Gasteiger partial charge in [-0.15, -0.1) is 11.3 Å². The van der Waals surface area contributed by atoms with Crippen LogP contribution in [0.3, 0.4) is 0 Å². The van der Waals surface area contributed by atoms with Gasteiger partial charge in [0.25, 0.3) is 0 Å². The van der Waals surface area contributed by atoms with E-state index in [2.05, 4.69) is 10.3 Å². The molecule has 1 aromatic carbocycles. The summed E-state index contributed by atoms with van der Waals surface area (Å²) >= 11 is 2.99. The second kappa shape index (κ2) is 7.95. The number of aromatic nitrogens is 1. The van der Waals surface area contributed by atoms with Crippen LogP contribution < -0.4 is 5.32 Å². The first-order chi connectivity index (χ1) is 10.5. The number of para-hydroxylation sites is 1. The molecule has 22 heavy (non-hydrogen) atoms. The number of thioether (sulfide) groups is 1. The minimum Gasteiger partial charge on any atom is -0.450 e. The van der Waals surface area contributed by atoms with E-state index in [9.17, 15) is 4.79 Å². The molecule has 2 aromatic rings. The van der Waals surface area contributed by atoms with Gasteiger partial charge >= 0.3 is 5.97 Å². The van der Waals surface area contributed by atoms with Gasteiger partial charge in [-0.1, -0.05) is 30.0 Å². The lowest BCUT2D eigenvalue weighted by Gasteiger charge is -2.18. The molecule has 4 nitrogen and oxygen atoms in total. The zero-order chi connectivity index (χ0) is 16.0. The van der Waals surface area contributed by atoms with E-state index < -0.39 is 4.75 Å². The summed E-state index contributed by atoms with van der Waals surface area (Å²) in [6.07, 6.45) is 0.848. The van der Waals surface area contributed by atoms with Gasteiger partial charge in [0.2, 0.25) is 0 Å². The molecule has 0 aliphatic carbocycles. The molecule has 7 heteroatoms. The Labute approximate surface area is 141 Å². The number of hydrogen-bond donors (Lipinski definition) is 1. The molecule has 1 N–H and O–H groups in total. The quantitative estimate of drug-likeness (QED) is 0.602. The van der Waals surface area contributed by atoms with Crippen molar-refractivity contribution in [3.8, 4) is 0 Å². The van der Waals surface area contributed by atoms with Gasteiger partial charge in [0, 0.05) is 24.0 Å². The predicted octanol–water partition coefficient (Wildman–Crippen LogP) is 4.00. The molecule has 0 amide bonds. The first kappa shape index (κ1) is 17.3. The largest absolute Gasteiger partial charge is 0.450 e. The van der Waals surface area contributed by atoms with E-state index in [-0.39, 0.29) is 5.97 Å². The molecular weight excluding hydrogens is 335 g/mol. The van der Waals surface area contributed by atoms with Gasteiger partial charge in [-0.05, 0) is 26.0 Å². The van der Waals surface area contributed by atoms with Crippen molar-refractivity contribution in [3.63, 3.8) is 0 Å². The van der Waals surface area contributed by atoms with Crippen LogP contribution in [0.1, 0.15) is 19.5 Å². The molecule has 0 spiro atoms. The molecule has 118 valence electrons. The molecule has 0 saturated carbocycles. The Morgan fingerprint density at radius 2 is 2.14 bits per heavy atom. The smallest absolute Gasteiger partial charge is 0.324 e. The molecule has 0 fully saturated rings. The molecule has 1 unspecified atom stereocenters. The summed E-state index contributed by atoms with van der Waals surface area (Å²) < 4.78 is 4.98. The van der Waals surface area contributed by atoms with Gasteiger partial charge in [0.1, 0.15) is 4.75 Å². The fourth-order valence-electron chi connectivity index (χ4n) is 1.74. The summed E-state index contributed by atoms with van der Waals surface area (Å²) in [6, 6.07) is 10.1. The third-order valence-corrected chi connectivity index (χ3v) is 5.33. The topological polar surface area (TPSA) is 51.2 Å². The van der Waals surface area contributed by atoms with Crippen LogP contribution in [0.4, 0.5) is 5.69 Å². The Kier molecular flexibility index (Phi) is 6.24. The van der Waals surface area contributed by atoms with Crippen molar-refractivity contribution in [3.05, 3.63) is 41.4 Å². The summed E-state index contributed by atoms with van der Waals surface area (Å²) in [5.41, 5.74) is 2.14. The molecule has 1 atom stereocenters. The van der Waals surface area contributed by atoms with Gasteiger partial charge < -0.3 is 9.84 Å². The Morgan fingerprint density at radius 1 is 1.41 bits per heavy atom. The maximum atomic E-state index is 11.7. The van der Waals surface area contributed by atoms with E-state index in [1.54, 1.807) is 11.3 Å². The van der Waals surface area contributed by atoms with Crippen molar-refractivity contribution in [1.82, 2.24) is 4.98 Å². The monoisotopic (exact) mass is 354 g/mol. The van der Waals surface area contributed by atoms with Crippen LogP contribution in [0.2, 0.25) is 0 Å². The lowest BCUT2D eigenvalue weighted by molar-refractivity contribution is -0.135. The molecule has 1 aromatic heterocycles. The number of carbonyl (C=O) groups excluding carboxylic acids is 1. The summed E-state index contributed by atoms with van der Waals surface area (Å²) in [6.45, 7) is 4.50. The van der Waals surface area contributed by atoms with E-state index in [1.165, 1.54) is 11.8 Å². The maximum absolute atomic E-state index is 11.7. The highest BCUT2D eigenvalue weighted by molar-refractivity contribution is 8.03. The Bertz CT molecular complexity index is 617. The van der Waals surface area contributed by atoms with Crippen LogP contribution >= 0.6 is 32.6 Å². The second-order valence-corrected chi connectivity index (χ2v) is 8.13. The summed E-state index contributed by atoms with van der Waals surface area (Å²) in [4.78, 5) is 16.2. The highest BCUT2D eigenvalue weighted by Gasteiger charge is 2.31.